The molecule has 0 aromatic carbocycles. The molecule has 0 spiro atoms. The van der Waals surface area contributed by atoms with Gasteiger partial charge in [-0.1, -0.05) is 22.9 Å². The summed E-state index contributed by atoms with van der Waals surface area (Å²) in [4.78, 5) is 11.1. The molecular formula is C7H11BrO2. The zero-order valence-corrected chi connectivity index (χ0v) is 7.56. The van der Waals surface area contributed by atoms with E-state index in [4.69, 9.17) is 4.74 Å². The number of alkyl halides is 1. The molecule has 0 N–H and O–H groups in total. The molecule has 2 nitrogen and oxygen atoms in total. The van der Waals surface area contributed by atoms with Crippen LogP contribution < -0.4 is 0 Å². The Bertz CT molecular complexity index is 136. The topological polar surface area (TPSA) is 26.3 Å². The van der Waals surface area contributed by atoms with Crippen LogP contribution in [0.15, 0.2) is 0 Å². The van der Waals surface area contributed by atoms with Crippen molar-refractivity contribution in [2.45, 2.75) is 19.4 Å². The highest BCUT2D eigenvalue weighted by Gasteiger charge is 2.29. The predicted octanol–water partition coefficient (Wildman–Crippen LogP) is 1.38. The Morgan fingerprint density at radius 1 is 1.80 bits per heavy atom. The van der Waals surface area contributed by atoms with Gasteiger partial charge in [0.15, 0.2) is 5.78 Å². The fourth-order valence-electron chi connectivity index (χ4n) is 1.18. The first kappa shape index (κ1) is 8.21. The van der Waals surface area contributed by atoms with Crippen LogP contribution in [0, 0.1) is 5.92 Å². The van der Waals surface area contributed by atoms with Gasteiger partial charge >= 0.3 is 0 Å². The molecule has 1 saturated heterocycles. The maximum Gasteiger partial charge on any atom is 0.172 e. The summed E-state index contributed by atoms with van der Waals surface area (Å²) in [6.07, 6.45) is 0.878. The molecule has 58 valence electrons. The molecule has 2 atom stereocenters. The van der Waals surface area contributed by atoms with Gasteiger partial charge in [-0.05, 0) is 12.3 Å². The average Bonchev–Trinajstić information content (AvgIpc) is 2.34. The van der Waals surface area contributed by atoms with Crippen LogP contribution in [-0.2, 0) is 9.53 Å². The van der Waals surface area contributed by atoms with E-state index in [1.807, 2.05) is 0 Å². The maximum absolute atomic E-state index is 11.1. The lowest BCUT2D eigenvalue weighted by Gasteiger charge is -2.10. The molecular weight excluding hydrogens is 196 g/mol. The number of hydrogen-bond donors (Lipinski definition) is 0. The van der Waals surface area contributed by atoms with E-state index in [1.54, 1.807) is 0 Å². The van der Waals surface area contributed by atoms with Crippen molar-refractivity contribution in [3.05, 3.63) is 0 Å². The third kappa shape index (κ3) is 1.58. The van der Waals surface area contributed by atoms with Crippen LogP contribution in [0.1, 0.15) is 13.3 Å². The number of ether oxygens (including phenoxy) is 1. The van der Waals surface area contributed by atoms with Gasteiger partial charge in [0.25, 0.3) is 0 Å². The van der Waals surface area contributed by atoms with Gasteiger partial charge in [-0.25, -0.2) is 0 Å². The van der Waals surface area contributed by atoms with Crippen molar-refractivity contribution in [1.29, 1.82) is 0 Å². The van der Waals surface area contributed by atoms with Gasteiger partial charge in [-0.3, -0.25) is 4.79 Å². The summed E-state index contributed by atoms with van der Waals surface area (Å²) in [7, 11) is 0. The fourth-order valence-corrected chi connectivity index (χ4v) is 1.50. The third-order valence-electron chi connectivity index (χ3n) is 1.84. The van der Waals surface area contributed by atoms with Crippen molar-refractivity contribution < 1.29 is 9.53 Å². The molecule has 10 heavy (non-hydrogen) atoms. The number of Topliss-reactive ketones (excluding diaryl/α,β-unsaturated/α-hetero) is 1. The maximum atomic E-state index is 11.1. The first-order chi connectivity index (χ1) is 4.75. The summed E-state index contributed by atoms with van der Waals surface area (Å²) in [5, 5.41) is 0.419. The molecule has 1 aliphatic heterocycles. The van der Waals surface area contributed by atoms with Gasteiger partial charge in [-0.2, -0.15) is 0 Å². The Hall–Kier alpha value is 0.110. The lowest BCUT2D eigenvalue weighted by atomic mass is 10.0. The second kappa shape index (κ2) is 3.49. The van der Waals surface area contributed by atoms with Crippen LogP contribution >= 0.6 is 15.9 Å². The third-order valence-corrected chi connectivity index (χ3v) is 2.39. The molecule has 1 heterocycles. The Balaban J connectivity index is 2.46. The smallest absolute Gasteiger partial charge is 0.172 e. The molecule has 1 fully saturated rings. The minimum Gasteiger partial charge on any atom is -0.370 e. The molecule has 1 aliphatic rings. The average molecular weight is 207 g/mol. The minimum absolute atomic E-state index is 0.139. The van der Waals surface area contributed by atoms with Crippen molar-refractivity contribution in [3.63, 3.8) is 0 Å². The summed E-state index contributed by atoms with van der Waals surface area (Å²) < 4.78 is 5.24. The first-order valence-electron chi connectivity index (χ1n) is 3.46. The molecule has 0 unspecified atom stereocenters. The van der Waals surface area contributed by atoms with Gasteiger partial charge in [0, 0.05) is 6.61 Å². The second-order valence-electron chi connectivity index (χ2n) is 2.66. The Labute approximate surface area is 69.1 Å². The van der Waals surface area contributed by atoms with E-state index in [9.17, 15) is 4.79 Å². The van der Waals surface area contributed by atoms with E-state index in [-0.39, 0.29) is 11.9 Å². The number of hydrogen-bond acceptors (Lipinski definition) is 2. The Kier molecular flexibility index (Phi) is 2.86. The number of ketones is 1. The first-order valence-corrected chi connectivity index (χ1v) is 4.58. The summed E-state index contributed by atoms with van der Waals surface area (Å²) in [5.41, 5.74) is 0. The van der Waals surface area contributed by atoms with Crippen LogP contribution in [0.5, 0.6) is 0 Å². The Morgan fingerprint density at radius 3 is 2.90 bits per heavy atom. The van der Waals surface area contributed by atoms with Crippen LogP contribution in [0.2, 0.25) is 0 Å². The van der Waals surface area contributed by atoms with Gasteiger partial charge in [-0.15, -0.1) is 0 Å². The molecule has 0 saturated carbocycles. The van der Waals surface area contributed by atoms with Crippen LogP contribution in [0.25, 0.3) is 0 Å². The highest BCUT2D eigenvalue weighted by Crippen LogP contribution is 2.20. The summed E-state index contributed by atoms with van der Waals surface area (Å²) in [6, 6.07) is 0. The van der Waals surface area contributed by atoms with E-state index in [1.165, 1.54) is 0 Å². The molecule has 0 aromatic heterocycles. The quantitative estimate of drug-likeness (QED) is 0.639. The largest absolute Gasteiger partial charge is 0.370 e. The SMILES string of the molecule is C[C@H]1CCO[C@H]1C(=O)CBr. The lowest BCUT2D eigenvalue weighted by molar-refractivity contribution is -0.126. The molecule has 0 bridgehead atoms. The highest BCUT2D eigenvalue weighted by atomic mass is 79.9. The zero-order valence-electron chi connectivity index (χ0n) is 5.97. The lowest BCUT2D eigenvalue weighted by Crippen LogP contribution is -2.25. The van der Waals surface area contributed by atoms with E-state index in [2.05, 4.69) is 22.9 Å². The number of carbonyl (C=O) groups excluding carboxylic acids is 1. The van der Waals surface area contributed by atoms with Crippen LogP contribution in [0.3, 0.4) is 0 Å². The summed E-state index contributed by atoms with van der Waals surface area (Å²) >= 11 is 3.12. The van der Waals surface area contributed by atoms with E-state index in [0.717, 1.165) is 13.0 Å². The monoisotopic (exact) mass is 206 g/mol. The summed E-state index contributed by atoms with van der Waals surface area (Å²) in [6.45, 7) is 2.79. The molecule has 0 aromatic rings. The van der Waals surface area contributed by atoms with Gasteiger partial charge in [0.05, 0.1) is 5.33 Å². The van der Waals surface area contributed by atoms with Gasteiger partial charge in [0.1, 0.15) is 6.10 Å². The van der Waals surface area contributed by atoms with Crippen LogP contribution in [0.4, 0.5) is 0 Å². The van der Waals surface area contributed by atoms with Gasteiger partial charge in [0.2, 0.25) is 0 Å². The van der Waals surface area contributed by atoms with Crippen molar-refractivity contribution >= 4 is 21.7 Å². The normalized spacial score (nSPS) is 32.6. The highest BCUT2D eigenvalue weighted by molar-refractivity contribution is 9.09. The molecule has 0 radical (unpaired) electrons. The van der Waals surface area contributed by atoms with Crippen molar-refractivity contribution in [1.82, 2.24) is 0 Å². The molecule has 0 amide bonds. The number of carbonyl (C=O) groups is 1. The molecule has 1 rings (SSSR count). The van der Waals surface area contributed by atoms with Crippen molar-refractivity contribution in [2.24, 2.45) is 5.92 Å². The standard InChI is InChI=1S/C7H11BrO2/c1-5-2-3-10-7(5)6(9)4-8/h5,7H,2-4H2,1H3/t5-,7+/m0/s1. The molecule has 3 heteroatoms. The summed E-state index contributed by atoms with van der Waals surface area (Å²) in [5.74, 6) is 0.579. The molecule has 0 aliphatic carbocycles. The minimum atomic E-state index is -0.139. The fraction of sp³-hybridized carbons (Fsp3) is 0.857. The number of rotatable bonds is 2. The van der Waals surface area contributed by atoms with E-state index < -0.39 is 0 Å². The predicted molar refractivity (Wildman–Crippen MR) is 42.3 cm³/mol. The van der Waals surface area contributed by atoms with E-state index >= 15 is 0 Å². The van der Waals surface area contributed by atoms with E-state index in [0.29, 0.717) is 11.2 Å². The number of halogens is 1. The van der Waals surface area contributed by atoms with Crippen molar-refractivity contribution in [2.75, 3.05) is 11.9 Å². The van der Waals surface area contributed by atoms with Gasteiger partial charge < -0.3 is 4.74 Å². The Morgan fingerprint density at radius 2 is 2.50 bits per heavy atom. The van der Waals surface area contributed by atoms with Crippen molar-refractivity contribution in [3.8, 4) is 0 Å². The van der Waals surface area contributed by atoms with Crippen LogP contribution in [-0.4, -0.2) is 23.8 Å². The zero-order chi connectivity index (χ0) is 7.56. The second-order valence-corrected chi connectivity index (χ2v) is 3.22.